The first-order valence-electron chi connectivity index (χ1n) is 8.63. The molecule has 3 aromatic rings. The standard InChI is InChI=1S/C20H19ClFN3O/c21-14-2-1-3-16(10-14)25-8-6-24(7-9-25)13-20(26)18-12-23-19-5-4-15(22)11-17(18)19/h1-5,10-12,23H,6-9,13H2. The fourth-order valence-corrected chi connectivity index (χ4v) is 3.63. The number of hydrogen-bond donors (Lipinski definition) is 1. The summed E-state index contributed by atoms with van der Waals surface area (Å²) in [6.07, 6.45) is 1.68. The Labute approximate surface area is 156 Å². The number of ketones is 1. The molecule has 0 saturated carbocycles. The first kappa shape index (κ1) is 17.1. The minimum Gasteiger partial charge on any atom is -0.369 e. The Kier molecular flexibility index (Phi) is 4.66. The second-order valence-electron chi connectivity index (χ2n) is 6.56. The summed E-state index contributed by atoms with van der Waals surface area (Å²) < 4.78 is 13.5. The summed E-state index contributed by atoms with van der Waals surface area (Å²) in [6.45, 7) is 3.63. The number of piperazine rings is 1. The van der Waals surface area contributed by atoms with E-state index in [1.165, 1.54) is 12.1 Å². The molecule has 26 heavy (non-hydrogen) atoms. The number of carbonyl (C=O) groups excluding carboxylic acids is 1. The van der Waals surface area contributed by atoms with E-state index in [0.29, 0.717) is 17.5 Å². The first-order chi connectivity index (χ1) is 12.6. The number of rotatable bonds is 4. The highest BCUT2D eigenvalue weighted by molar-refractivity contribution is 6.30. The number of fused-ring (bicyclic) bond motifs is 1. The van der Waals surface area contributed by atoms with E-state index in [1.807, 2.05) is 24.3 Å². The summed E-state index contributed by atoms with van der Waals surface area (Å²) in [5.41, 5.74) is 2.44. The Bertz CT molecular complexity index is 947. The summed E-state index contributed by atoms with van der Waals surface area (Å²) in [5.74, 6) is -0.320. The monoisotopic (exact) mass is 371 g/mol. The Balaban J connectivity index is 1.41. The normalized spacial score (nSPS) is 15.5. The maximum Gasteiger partial charge on any atom is 0.178 e. The van der Waals surface area contributed by atoms with Gasteiger partial charge in [0, 0.05) is 59.6 Å². The van der Waals surface area contributed by atoms with Gasteiger partial charge in [0.1, 0.15) is 5.82 Å². The Morgan fingerprint density at radius 2 is 1.92 bits per heavy atom. The lowest BCUT2D eigenvalue weighted by molar-refractivity contribution is 0.0928. The van der Waals surface area contributed by atoms with Crippen molar-refractivity contribution in [3.05, 3.63) is 65.1 Å². The number of anilines is 1. The molecule has 1 saturated heterocycles. The van der Waals surface area contributed by atoms with Crippen LogP contribution in [-0.4, -0.2) is 48.4 Å². The van der Waals surface area contributed by atoms with Gasteiger partial charge in [-0.3, -0.25) is 9.69 Å². The molecule has 1 fully saturated rings. The summed E-state index contributed by atoms with van der Waals surface area (Å²) in [4.78, 5) is 20.1. The Morgan fingerprint density at radius 3 is 2.69 bits per heavy atom. The van der Waals surface area contributed by atoms with Crippen molar-refractivity contribution in [1.82, 2.24) is 9.88 Å². The number of nitrogens with zero attached hydrogens (tertiary/aromatic N) is 2. The number of H-pyrrole nitrogens is 1. The van der Waals surface area contributed by atoms with E-state index in [-0.39, 0.29) is 11.6 Å². The second kappa shape index (κ2) is 7.09. The number of halogens is 2. The number of Topliss-reactive ketones (excluding diaryl/α,β-unsaturated/α-hetero) is 1. The van der Waals surface area contributed by atoms with Crippen LogP contribution in [0.15, 0.2) is 48.7 Å². The third-order valence-electron chi connectivity index (χ3n) is 4.86. The van der Waals surface area contributed by atoms with Crippen LogP contribution in [-0.2, 0) is 0 Å². The minimum absolute atomic E-state index is 0.0121. The van der Waals surface area contributed by atoms with E-state index in [2.05, 4.69) is 14.8 Å². The molecular formula is C20H19ClFN3O. The lowest BCUT2D eigenvalue weighted by Crippen LogP contribution is -2.48. The van der Waals surface area contributed by atoms with Gasteiger partial charge in [-0.05, 0) is 36.4 Å². The summed E-state index contributed by atoms with van der Waals surface area (Å²) in [7, 11) is 0. The van der Waals surface area contributed by atoms with Gasteiger partial charge in [0.05, 0.1) is 6.54 Å². The first-order valence-corrected chi connectivity index (χ1v) is 9.01. The van der Waals surface area contributed by atoms with Gasteiger partial charge in [-0.2, -0.15) is 0 Å². The van der Waals surface area contributed by atoms with Crippen LogP contribution in [0.25, 0.3) is 10.9 Å². The molecule has 0 aliphatic carbocycles. The molecule has 0 amide bonds. The maximum absolute atomic E-state index is 13.5. The topological polar surface area (TPSA) is 39.3 Å². The fraction of sp³-hybridized carbons (Fsp3) is 0.250. The molecule has 134 valence electrons. The largest absolute Gasteiger partial charge is 0.369 e. The van der Waals surface area contributed by atoms with Crippen molar-refractivity contribution in [3.63, 3.8) is 0 Å². The number of aromatic nitrogens is 1. The highest BCUT2D eigenvalue weighted by atomic mass is 35.5. The highest BCUT2D eigenvalue weighted by Crippen LogP contribution is 2.22. The van der Waals surface area contributed by atoms with Crippen molar-refractivity contribution >= 4 is 34.0 Å². The molecule has 1 aromatic heterocycles. The van der Waals surface area contributed by atoms with Crippen LogP contribution in [0.2, 0.25) is 5.02 Å². The predicted octanol–water partition coefficient (Wildman–Crippen LogP) is 3.97. The summed E-state index contributed by atoms with van der Waals surface area (Å²) >= 11 is 6.07. The molecule has 6 heteroatoms. The van der Waals surface area contributed by atoms with Gasteiger partial charge >= 0.3 is 0 Å². The molecule has 4 rings (SSSR count). The number of benzene rings is 2. The third-order valence-corrected chi connectivity index (χ3v) is 5.09. The molecule has 1 aliphatic rings. The van der Waals surface area contributed by atoms with Crippen molar-refractivity contribution in [1.29, 1.82) is 0 Å². The fourth-order valence-electron chi connectivity index (χ4n) is 3.45. The number of hydrogen-bond acceptors (Lipinski definition) is 3. The van der Waals surface area contributed by atoms with Gasteiger partial charge in [-0.25, -0.2) is 4.39 Å². The predicted molar refractivity (Wildman–Crippen MR) is 103 cm³/mol. The quantitative estimate of drug-likeness (QED) is 0.705. The van der Waals surface area contributed by atoms with E-state index in [4.69, 9.17) is 11.6 Å². The molecule has 0 atom stereocenters. The van der Waals surface area contributed by atoms with Gasteiger partial charge in [-0.1, -0.05) is 17.7 Å². The highest BCUT2D eigenvalue weighted by Gasteiger charge is 2.21. The van der Waals surface area contributed by atoms with Crippen molar-refractivity contribution in [2.24, 2.45) is 0 Å². The SMILES string of the molecule is O=C(CN1CCN(c2cccc(Cl)c2)CC1)c1c[nH]c2ccc(F)cc12. The molecule has 2 heterocycles. The smallest absolute Gasteiger partial charge is 0.178 e. The Hall–Kier alpha value is -2.37. The number of carbonyl (C=O) groups is 1. The van der Waals surface area contributed by atoms with E-state index < -0.39 is 0 Å². The average Bonchev–Trinajstić information content (AvgIpc) is 3.05. The molecule has 0 unspecified atom stereocenters. The lowest BCUT2D eigenvalue weighted by Gasteiger charge is -2.35. The van der Waals surface area contributed by atoms with Crippen LogP contribution >= 0.6 is 11.6 Å². The van der Waals surface area contributed by atoms with E-state index in [9.17, 15) is 9.18 Å². The van der Waals surface area contributed by atoms with Gasteiger partial charge in [0.25, 0.3) is 0 Å². The average molecular weight is 372 g/mol. The Morgan fingerprint density at radius 1 is 1.12 bits per heavy atom. The molecule has 0 spiro atoms. The molecule has 0 bridgehead atoms. The van der Waals surface area contributed by atoms with Gasteiger partial charge in [0.15, 0.2) is 5.78 Å². The van der Waals surface area contributed by atoms with Crippen LogP contribution in [0.3, 0.4) is 0 Å². The summed E-state index contributed by atoms with van der Waals surface area (Å²) in [6, 6.07) is 12.3. The molecule has 4 nitrogen and oxygen atoms in total. The van der Waals surface area contributed by atoms with Crippen LogP contribution in [0, 0.1) is 5.82 Å². The van der Waals surface area contributed by atoms with Crippen LogP contribution in [0.5, 0.6) is 0 Å². The van der Waals surface area contributed by atoms with Gasteiger partial charge in [-0.15, -0.1) is 0 Å². The summed E-state index contributed by atoms with van der Waals surface area (Å²) in [5, 5.41) is 1.37. The molecule has 1 N–H and O–H groups in total. The number of nitrogens with one attached hydrogen (secondary N) is 1. The molecule has 1 aliphatic heterocycles. The second-order valence-corrected chi connectivity index (χ2v) is 6.99. The molecule has 2 aromatic carbocycles. The van der Waals surface area contributed by atoms with Crippen molar-refractivity contribution in [3.8, 4) is 0 Å². The molecular weight excluding hydrogens is 353 g/mol. The number of aromatic amines is 1. The molecule has 0 radical (unpaired) electrons. The van der Waals surface area contributed by atoms with Crippen LogP contribution in [0.1, 0.15) is 10.4 Å². The van der Waals surface area contributed by atoms with Crippen molar-refractivity contribution in [2.75, 3.05) is 37.6 Å². The lowest BCUT2D eigenvalue weighted by atomic mass is 10.1. The van der Waals surface area contributed by atoms with E-state index >= 15 is 0 Å². The van der Waals surface area contributed by atoms with E-state index in [1.54, 1.807) is 12.3 Å². The van der Waals surface area contributed by atoms with Crippen LogP contribution in [0.4, 0.5) is 10.1 Å². The maximum atomic E-state index is 13.5. The van der Waals surface area contributed by atoms with Crippen molar-refractivity contribution in [2.45, 2.75) is 0 Å². The van der Waals surface area contributed by atoms with Crippen LogP contribution < -0.4 is 4.90 Å². The van der Waals surface area contributed by atoms with E-state index in [0.717, 1.165) is 42.4 Å². The van der Waals surface area contributed by atoms with Gasteiger partial charge < -0.3 is 9.88 Å². The third kappa shape index (κ3) is 3.45. The zero-order valence-corrected chi connectivity index (χ0v) is 15.0. The van der Waals surface area contributed by atoms with Crippen molar-refractivity contribution < 1.29 is 9.18 Å². The zero-order valence-electron chi connectivity index (χ0n) is 14.2. The zero-order chi connectivity index (χ0) is 18.1. The minimum atomic E-state index is -0.332. The van der Waals surface area contributed by atoms with Gasteiger partial charge in [0.2, 0.25) is 0 Å².